The average Bonchev–Trinajstić information content (AvgIpc) is 2.19. The first-order chi connectivity index (χ1) is 7.13. The SMILES string of the molecule is C=C(C)CN(CC)Cc1ncccc1N. The average molecular weight is 205 g/mol. The molecular weight excluding hydrogens is 186 g/mol. The third-order valence-electron chi connectivity index (χ3n) is 2.24. The molecule has 0 unspecified atom stereocenters. The molecule has 3 heteroatoms. The highest BCUT2D eigenvalue weighted by Gasteiger charge is 2.06. The Kier molecular flexibility index (Phi) is 4.31. The van der Waals surface area contributed by atoms with E-state index in [1.165, 1.54) is 0 Å². The lowest BCUT2D eigenvalue weighted by molar-refractivity contribution is 0.301. The van der Waals surface area contributed by atoms with Crippen molar-refractivity contribution in [1.82, 2.24) is 9.88 Å². The Hall–Kier alpha value is -1.35. The Labute approximate surface area is 91.6 Å². The van der Waals surface area contributed by atoms with Crippen molar-refractivity contribution in [3.63, 3.8) is 0 Å². The van der Waals surface area contributed by atoms with Gasteiger partial charge < -0.3 is 5.73 Å². The number of hydrogen-bond acceptors (Lipinski definition) is 3. The summed E-state index contributed by atoms with van der Waals surface area (Å²) in [7, 11) is 0. The molecular formula is C12H19N3. The van der Waals surface area contributed by atoms with Gasteiger partial charge in [0.05, 0.1) is 11.4 Å². The van der Waals surface area contributed by atoms with Gasteiger partial charge in [-0.1, -0.05) is 19.1 Å². The minimum atomic E-state index is 0.762. The summed E-state index contributed by atoms with van der Waals surface area (Å²) in [5, 5.41) is 0. The van der Waals surface area contributed by atoms with Crippen molar-refractivity contribution in [2.75, 3.05) is 18.8 Å². The maximum absolute atomic E-state index is 5.84. The van der Waals surface area contributed by atoms with Crippen LogP contribution in [-0.2, 0) is 6.54 Å². The van der Waals surface area contributed by atoms with Crippen molar-refractivity contribution >= 4 is 5.69 Å². The number of anilines is 1. The van der Waals surface area contributed by atoms with E-state index in [4.69, 9.17) is 5.73 Å². The molecule has 1 aromatic rings. The number of nitrogen functional groups attached to an aromatic ring is 1. The topological polar surface area (TPSA) is 42.2 Å². The molecule has 0 aliphatic heterocycles. The fourth-order valence-electron chi connectivity index (χ4n) is 1.46. The zero-order chi connectivity index (χ0) is 11.3. The number of likely N-dealkylation sites (N-methyl/N-ethyl adjacent to an activating group) is 1. The van der Waals surface area contributed by atoms with Crippen LogP contribution in [0, 0.1) is 0 Å². The highest BCUT2D eigenvalue weighted by Crippen LogP contribution is 2.10. The van der Waals surface area contributed by atoms with Crippen molar-refractivity contribution in [1.29, 1.82) is 0 Å². The summed E-state index contributed by atoms with van der Waals surface area (Å²) in [5.41, 5.74) is 8.71. The van der Waals surface area contributed by atoms with Crippen LogP contribution in [-0.4, -0.2) is 23.0 Å². The number of nitrogens with zero attached hydrogens (tertiary/aromatic N) is 2. The predicted octanol–water partition coefficient (Wildman–Crippen LogP) is 2.06. The first kappa shape index (κ1) is 11.7. The second-order valence-corrected chi connectivity index (χ2v) is 3.80. The van der Waals surface area contributed by atoms with Gasteiger partial charge in [-0.3, -0.25) is 9.88 Å². The molecule has 0 spiro atoms. The Balaban J connectivity index is 2.66. The second-order valence-electron chi connectivity index (χ2n) is 3.80. The Morgan fingerprint density at radius 3 is 2.87 bits per heavy atom. The molecule has 0 aromatic carbocycles. The molecule has 0 bridgehead atoms. The predicted molar refractivity (Wildman–Crippen MR) is 64.4 cm³/mol. The number of rotatable bonds is 5. The molecule has 1 aromatic heterocycles. The molecule has 82 valence electrons. The molecule has 0 saturated carbocycles. The molecule has 0 radical (unpaired) electrons. The van der Waals surface area contributed by atoms with Crippen molar-refractivity contribution < 1.29 is 0 Å². The quantitative estimate of drug-likeness (QED) is 0.748. The van der Waals surface area contributed by atoms with Crippen LogP contribution in [0.3, 0.4) is 0 Å². The van der Waals surface area contributed by atoms with Crippen LogP contribution < -0.4 is 5.73 Å². The first-order valence-corrected chi connectivity index (χ1v) is 5.19. The number of hydrogen-bond donors (Lipinski definition) is 1. The van der Waals surface area contributed by atoms with Crippen LogP contribution in [0.4, 0.5) is 5.69 Å². The van der Waals surface area contributed by atoms with E-state index in [2.05, 4.69) is 23.4 Å². The highest BCUT2D eigenvalue weighted by molar-refractivity contribution is 5.41. The van der Waals surface area contributed by atoms with E-state index in [0.29, 0.717) is 0 Å². The number of aromatic nitrogens is 1. The summed E-state index contributed by atoms with van der Waals surface area (Å²) in [5.74, 6) is 0. The van der Waals surface area contributed by atoms with Gasteiger partial charge in [0.25, 0.3) is 0 Å². The van der Waals surface area contributed by atoms with Gasteiger partial charge >= 0.3 is 0 Å². The van der Waals surface area contributed by atoms with Gasteiger partial charge in [0.1, 0.15) is 0 Å². The molecule has 0 amide bonds. The third kappa shape index (κ3) is 3.72. The van der Waals surface area contributed by atoms with Gasteiger partial charge in [-0.05, 0) is 25.6 Å². The second kappa shape index (κ2) is 5.51. The Bertz CT molecular complexity index is 333. The minimum absolute atomic E-state index is 0.762. The number of pyridine rings is 1. The molecule has 3 nitrogen and oxygen atoms in total. The lowest BCUT2D eigenvalue weighted by Gasteiger charge is -2.20. The molecule has 1 rings (SSSR count). The largest absolute Gasteiger partial charge is 0.397 e. The lowest BCUT2D eigenvalue weighted by atomic mass is 10.2. The van der Waals surface area contributed by atoms with E-state index in [1.807, 2.05) is 19.1 Å². The molecule has 2 N–H and O–H groups in total. The zero-order valence-electron chi connectivity index (χ0n) is 9.53. The van der Waals surface area contributed by atoms with Crippen LogP contribution >= 0.6 is 0 Å². The van der Waals surface area contributed by atoms with Gasteiger partial charge in [0, 0.05) is 19.3 Å². The Morgan fingerprint density at radius 1 is 1.60 bits per heavy atom. The van der Waals surface area contributed by atoms with E-state index >= 15 is 0 Å². The highest BCUT2D eigenvalue weighted by atomic mass is 15.1. The summed E-state index contributed by atoms with van der Waals surface area (Å²) in [6, 6.07) is 3.74. The van der Waals surface area contributed by atoms with Crippen molar-refractivity contribution in [2.45, 2.75) is 20.4 Å². The maximum atomic E-state index is 5.84. The van der Waals surface area contributed by atoms with Gasteiger partial charge in [-0.25, -0.2) is 0 Å². The van der Waals surface area contributed by atoms with E-state index < -0.39 is 0 Å². The van der Waals surface area contributed by atoms with E-state index in [9.17, 15) is 0 Å². The maximum Gasteiger partial charge on any atom is 0.0772 e. The summed E-state index contributed by atoms with van der Waals surface area (Å²) < 4.78 is 0. The molecule has 0 atom stereocenters. The zero-order valence-corrected chi connectivity index (χ0v) is 9.53. The summed E-state index contributed by atoms with van der Waals surface area (Å²) in [6.45, 7) is 10.7. The van der Waals surface area contributed by atoms with Crippen molar-refractivity contribution in [3.05, 3.63) is 36.2 Å². The van der Waals surface area contributed by atoms with Gasteiger partial charge in [-0.2, -0.15) is 0 Å². The molecule has 15 heavy (non-hydrogen) atoms. The minimum Gasteiger partial charge on any atom is -0.397 e. The van der Waals surface area contributed by atoms with Crippen LogP contribution in [0.25, 0.3) is 0 Å². The lowest BCUT2D eigenvalue weighted by Crippen LogP contribution is -2.25. The molecule has 0 aliphatic carbocycles. The van der Waals surface area contributed by atoms with E-state index in [1.54, 1.807) is 6.20 Å². The van der Waals surface area contributed by atoms with Crippen LogP contribution in [0.1, 0.15) is 19.5 Å². The molecule has 1 heterocycles. The standard InChI is InChI=1S/C12H19N3/c1-4-15(8-10(2)3)9-12-11(13)6-5-7-14-12/h5-7H,2,4,8-9,13H2,1,3H3. The Morgan fingerprint density at radius 2 is 2.33 bits per heavy atom. The van der Waals surface area contributed by atoms with E-state index in [0.717, 1.165) is 36.6 Å². The third-order valence-corrected chi connectivity index (χ3v) is 2.24. The van der Waals surface area contributed by atoms with E-state index in [-0.39, 0.29) is 0 Å². The van der Waals surface area contributed by atoms with Crippen molar-refractivity contribution in [2.24, 2.45) is 0 Å². The van der Waals surface area contributed by atoms with Gasteiger partial charge in [-0.15, -0.1) is 0 Å². The first-order valence-electron chi connectivity index (χ1n) is 5.19. The van der Waals surface area contributed by atoms with Gasteiger partial charge in [0.2, 0.25) is 0 Å². The van der Waals surface area contributed by atoms with Crippen LogP contribution in [0.2, 0.25) is 0 Å². The summed E-state index contributed by atoms with van der Waals surface area (Å²) in [4.78, 5) is 6.54. The molecule has 0 fully saturated rings. The van der Waals surface area contributed by atoms with Crippen LogP contribution in [0.15, 0.2) is 30.5 Å². The fourth-order valence-corrected chi connectivity index (χ4v) is 1.46. The van der Waals surface area contributed by atoms with Crippen LogP contribution in [0.5, 0.6) is 0 Å². The normalized spacial score (nSPS) is 10.6. The monoisotopic (exact) mass is 205 g/mol. The van der Waals surface area contributed by atoms with Gasteiger partial charge in [0.15, 0.2) is 0 Å². The van der Waals surface area contributed by atoms with Crippen molar-refractivity contribution in [3.8, 4) is 0 Å². The fraction of sp³-hybridized carbons (Fsp3) is 0.417. The smallest absolute Gasteiger partial charge is 0.0772 e. The summed E-state index contributed by atoms with van der Waals surface area (Å²) >= 11 is 0. The molecule has 0 aliphatic rings. The number of nitrogens with two attached hydrogens (primary N) is 1. The summed E-state index contributed by atoms with van der Waals surface area (Å²) in [6.07, 6.45) is 1.78. The molecule has 0 saturated heterocycles.